The van der Waals surface area contributed by atoms with Crippen LogP contribution in [0.5, 0.6) is 0 Å². The van der Waals surface area contributed by atoms with E-state index in [2.05, 4.69) is 0 Å². The summed E-state index contributed by atoms with van der Waals surface area (Å²) in [7, 11) is 0. The molecule has 0 atom stereocenters. The van der Waals surface area contributed by atoms with Crippen molar-refractivity contribution in [2.24, 2.45) is 0 Å². The van der Waals surface area contributed by atoms with Gasteiger partial charge in [0.25, 0.3) is 0 Å². The highest BCUT2D eigenvalue weighted by molar-refractivity contribution is 6.29. The first kappa shape index (κ1) is 8.37. The number of halogens is 1. The van der Waals surface area contributed by atoms with Crippen molar-refractivity contribution in [1.29, 1.82) is 0 Å². The molecule has 0 fully saturated rings. The molecule has 0 saturated carbocycles. The second-order valence-corrected chi connectivity index (χ2v) is 2.58. The van der Waals surface area contributed by atoms with E-state index in [9.17, 15) is 0 Å². The Balaban J connectivity index is 2.50. The summed E-state index contributed by atoms with van der Waals surface area (Å²) in [6.07, 6.45) is 3.69. The summed E-state index contributed by atoms with van der Waals surface area (Å²) in [5, 5.41) is 9.07. The number of hydrogen-bond acceptors (Lipinski definition) is 2. The van der Waals surface area contributed by atoms with Crippen molar-refractivity contribution in [3.8, 4) is 0 Å². The molecule has 2 nitrogen and oxygen atoms in total. The topological polar surface area (TPSA) is 33.4 Å². The molecule has 0 unspecified atom stereocenters. The van der Waals surface area contributed by atoms with E-state index in [0.29, 0.717) is 11.5 Å². The largest absolute Gasteiger partial charge is 0.469 e. The molecule has 1 heterocycles. The zero-order valence-electron chi connectivity index (χ0n) is 5.96. The van der Waals surface area contributed by atoms with Gasteiger partial charge in [-0.1, -0.05) is 11.6 Å². The summed E-state index contributed by atoms with van der Waals surface area (Å²) in [5.41, 5.74) is 0. The second-order valence-electron chi connectivity index (χ2n) is 2.09. The van der Waals surface area contributed by atoms with Gasteiger partial charge in [-0.2, -0.15) is 0 Å². The fourth-order valence-corrected chi connectivity index (χ4v) is 0.952. The smallest absolute Gasteiger partial charge is 0.109 e. The molecule has 0 aliphatic carbocycles. The van der Waals surface area contributed by atoms with Crippen LogP contribution in [0.2, 0.25) is 0 Å². The van der Waals surface area contributed by atoms with Gasteiger partial charge in [-0.3, -0.25) is 0 Å². The van der Waals surface area contributed by atoms with Crippen LogP contribution in [-0.4, -0.2) is 11.7 Å². The Labute approximate surface area is 70.1 Å². The van der Waals surface area contributed by atoms with E-state index in [-0.39, 0.29) is 6.61 Å². The molecule has 0 spiro atoms. The number of aliphatic hydroxyl groups excluding tert-OH is 1. The van der Waals surface area contributed by atoms with Crippen LogP contribution in [-0.2, 0) is 6.42 Å². The van der Waals surface area contributed by atoms with Gasteiger partial charge < -0.3 is 9.52 Å². The second kappa shape index (κ2) is 4.21. The normalized spacial score (nSPS) is 12.0. The van der Waals surface area contributed by atoms with Crippen LogP contribution in [0.3, 0.4) is 0 Å². The highest BCUT2D eigenvalue weighted by Crippen LogP contribution is 2.11. The maximum absolute atomic E-state index is 8.47. The summed E-state index contributed by atoms with van der Waals surface area (Å²) in [5.74, 6) is 0.805. The van der Waals surface area contributed by atoms with E-state index in [4.69, 9.17) is 21.1 Å². The van der Waals surface area contributed by atoms with Gasteiger partial charge in [0.05, 0.1) is 12.9 Å². The zero-order valence-corrected chi connectivity index (χ0v) is 6.71. The van der Waals surface area contributed by atoms with Crippen LogP contribution < -0.4 is 0 Å². The summed E-state index contributed by atoms with van der Waals surface area (Å²) in [6, 6.07) is 3.64. The third-order valence-electron chi connectivity index (χ3n) is 1.24. The lowest BCUT2D eigenvalue weighted by atomic mass is 10.3. The van der Waals surface area contributed by atoms with Gasteiger partial charge in [0.2, 0.25) is 0 Å². The fraction of sp³-hybridized carbons (Fsp3) is 0.250. The molecule has 0 amide bonds. The molecule has 0 aromatic carbocycles. The van der Waals surface area contributed by atoms with Crippen LogP contribution >= 0.6 is 11.6 Å². The summed E-state index contributed by atoms with van der Waals surface area (Å²) in [4.78, 5) is 0. The van der Waals surface area contributed by atoms with Crippen LogP contribution in [0, 0.1) is 0 Å². The molecule has 3 heteroatoms. The van der Waals surface area contributed by atoms with Gasteiger partial charge in [-0.25, -0.2) is 0 Å². The van der Waals surface area contributed by atoms with E-state index >= 15 is 0 Å². The molecule has 60 valence electrons. The van der Waals surface area contributed by atoms with Crippen molar-refractivity contribution in [3.05, 3.63) is 35.3 Å². The average Bonchev–Trinajstić information content (AvgIpc) is 2.40. The predicted octanol–water partition coefficient (Wildman–Crippen LogP) is 1.94. The van der Waals surface area contributed by atoms with Crippen molar-refractivity contribution < 1.29 is 9.52 Å². The Morgan fingerprint density at radius 3 is 3.09 bits per heavy atom. The summed E-state index contributed by atoms with van der Waals surface area (Å²) in [6.45, 7) is -0.0282. The van der Waals surface area contributed by atoms with Gasteiger partial charge in [-0.15, -0.1) is 0 Å². The first-order chi connectivity index (χ1) is 5.33. The maximum atomic E-state index is 8.47. The monoisotopic (exact) mass is 172 g/mol. The highest BCUT2D eigenvalue weighted by atomic mass is 35.5. The standard InChI is InChI=1S/C8H9ClO2/c9-7(3-4-10)6-8-2-1-5-11-8/h1-3,5,10H,4,6H2/b7-3-. The lowest BCUT2D eigenvalue weighted by Crippen LogP contribution is -1.83. The molecular weight excluding hydrogens is 164 g/mol. The van der Waals surface area contributed by atoms with Crippen LogP contribution in [0.15, 0.2) is 33.9 Å². The first-order valence-electron chi connectivity index (χ1n) is 3.30. The minimum Gasteiger partial charge on any atom is -0.469 e. The Morgan fingerprint density at radius 1 is 1.73 bits per heavy atom. The van der Waals surface area contributed by atoms with Gasteiger partial charge >= 0.3 is 0 Å². The molecule has 1 aromatic rings. The average molecular weight is 173 g/mol. The van der Waals surface area contributed by atoms with Crippen molar-refractivity contribution >= 4 is 11.6 Å². The van der Waals surface area contributed by atoms with Gasteiger partial charge in [0, 0.05) is 11.5 Å². The highest BCUT2D eigenvalue weighted by Gasteiger charge is 1.97. The lowest BCUT2D eigenvalue weighted by Gasteiger charge is -1.92. The molecular formula is C8H9ClO2. The summed E-state index contributed by atoms with van der Waals surface area (Å²) >= 11 is 5.71. The first-order valence-corrected chi connectivity index (χ1v) is 3.68. The SMILES string of the molecule is OC/C=C(\Cl)Cc1ccco1. The number of hydrogen-bond donors (Lipinski definition) is 1. The number of furan rings is 1. The molecule has 0 aliphatic rings. The summed E-state index contributed by atoms with van der Waals surface area (Å²) < 4.78 is 5.04. The fourth-order valence-electron chi connectivity index (χ4n) is 0.751. The maximum Gasteiger partial charge on any atom is 0.109 e. The number of aliphatic hydroxyl groups is 1. The third kappa shape index (κ3) is 2.78. The molecule has 0 bridgehead atoms. The van der Waals surface area contributed by atoms with Crippen LogP contribution in [0.25, 0.3) is 0 Å². The molecule has 0 radical (unpaired) electrons. The number of rotatable bonds is 3. The zero-order chi connectivity index (χ0) is 8.10. The van der Waals surface area contributed by atoms with Gasteiger partial charge in [-0.05, 0) is 18.2 Å². The van der Waals surface area contributed by atoms with Crippen LogP contribution in [0.1, 0.15) is 5.76 Å². The van der Waals surface area contributed by atoms with E-state index in [1.54, 1.807) is 18.4 Å². The Bertz CT molecular complexity index is 226. The minimum atomic E-state index is -0.0282. The van der Waals surface area contributed by atoms with Gasteiger partial charge in [0.15, 0.2) is 0 Å². The Kier molecular flexibility index (Phi) is 3.20. The van der Waals surface area contributed by atoms with Crippen molar-refractivity contribution in [2.75, 3.05) is 6.61 Å². The predicted molar refractivity (Wildman–Crippen MR) is 43.4 cm³/mol. The number of allylic oxidation sites excluding steroid dienone is 1. The van der Waals surface area contributed by atoms with Crippen LogP contribution in [0.4, 0.5) is 0 Å². The minimum absolute atomic E-state index is 0.0282. The van der Waals surface area contributed by atoms with E-state index < -0.39 is 0 Å². The lowest BCUT2D eigenvalue weighted by molar-refractivity contribution is 0.342. The molecule has 11 heavy (non-hydrogen) atoms. The quantitative estimate of drug-likeness (QED) is 0.756. The van der Waals surface area contributed by atoms with Crippen molar-refractivity contribution in [2.45, 2.75) is 6.42 Å². The Hall–Kier alpha value is -0.730. The van der Waals surface area contributed by atoms with E-state index in [0.717, 1.165) is 5.76 Å². The molecule has 0 aliphatic heterocycles. The Morgan fingerprint density at radius 2 is 2.55 bits per heavy atom. The van der Waals surface area contributed by atoms with E-state index in [1.807, 2.05) is 6.07 Å². The molecule has 1 N–H and O–H groups in total. The molecule has 1 aromatic heterocycles. The third-order valence-corrected chi connectivity index (χ3v) is 1.52. The van der Waals surface area contributed by atoms with Crippen molar-refractivity contribution in [1.82, 2.24) is 0 Å². The van der Waals surface area contributed by atoms with E-state index in [1.165, 1.54) is 0 Å². The molecule has 0 saturated heterocycles. The van der Waals surface area contributed by atoms with Gasteiger partial charge in [0.1, 0.15) is 5.76 Å². The molecule has 1 rings (SSSR count). The van der Waals surface area contributed by atoms with Crippen molar-refractivity contribution in [3.63, 3.8) is 0 Å².